The molecule has 1 amide bonds. The van der Waals surface area contributed by atoms with Crippen molar-refractivity contribution < 1.29 is 37.6 Å². The van der Waals surface area contributed by atoms with Crippen LogP contribution >= 0.6 is 11.3 Å². The van der Waals surface area contributed by atoms with Gasteiger partial charge in [0.25, 0.3) is 5.91 Å². The molecule has 33 heavy (non-hydrogen) atoms. The maximum atomic E-state index is 14.0. The van der Waals surface area contributed by atoms with E-state index in [1.807, 2.05) is 0 Å². The van der Waals surface area contributed by atoms with Crippen molar-refractivity contribution in [3.63, 3.8) is 0 Å². The molecule has 0 saturated carbocycles. The fourth-order valence-corrected chi connectivity index (χ4v) is 4.68. The van der Waals surface area contributed by atoms with Crippen LogP contribution in [0.2, 0.25) is 0 Å². The third-order valence-corrected chi connectivity index (χ3v) is 6.20. The number of benzene rings is 1. The van der Waals surface area contributed by atoms with E-state index in [1.54, 1.807) is 6.92 Å². The van der Waals surface area contributed by atoms with Crippen LogP contribution in [-0.4, -0.2) is 35.5 Å². The number of nitro benzene ring substituents is 1. The van der Waals surface area contributed by atoms with Gasteiger partial charge < -0.3 is 14.8 Å². The number of hydrogen-bond donors (Lipinski definition) is 1. The van der Waals surface area contributed by atoms with E-state index in [-0.39, 0.29) is 23.2 Å². The fourth-order valence-electron chi connectivity index (χ4n) is 3.40. The molecule has 0 radical (unpaired) electrons. The van der Waals surface area contributed by atoms with Crippen LogP contribution in [0.25, 0.3) is 0 Å². The molecule has 0 bridgehead atoms. The van der Waals surface area contributed by atoms with Crippen molar-refractivity contribution in [2.45, 2.75) is 45.6 Å². The zero-order valence-corrected chi connectivity index (χ0v) is 18.6. The Morgan fingerprint density at radius 3 is 2.55 bits per heavy atom. The van der Waals surface area contributed by atoms with Crippen LogP contribution in [0.5, 0.6) is 0 Å². The number of anilines is 1. The zero-order valence-electron chi connectivity index (χ0n) is 17.7. The predicted molar refractivity (Wildman–Crippen MR) is 113 cm³/mol. The number of ether oxygens (including phenoxy) is 2. The Bertz CT molecular complexity index is 1130. The number of nitro groups is 1. The summed E-state index contributed by atoms with van der Waals surface area (Å²) in [6.07, 6.45) is 1.83. The molecule has 1 atom stereocenters. The summed E-state index contributed by atoms with van der Waals surface area (Å²) in [5.74, 6) is -5.57. The van der Waals surface area contributed by atoms with Gasteiger partial charge in [-0.1, -0.05) is 0 Å². The van der Waals surface area contributed by atoms with Crippen LogP contribution in [-0.2, 0) is 27.1 Å². The van der Waals surface area contributed by atoms with E-state index in [0.717, 1.165) is 29.7 Å². The average Bonchev–Trinajstić information content (AvgIpc) is 3.11. The molecule has 0 fully saturated rings. The van der Waals surface area contributed by atoms with Gasteiger partial charge in [0, 0.05) is 17.0 Å². The number of carbonyl (C=O) groups is 3. The van der Waals surface area contributed by atoms with Crippen molar-refractivity contribution in [1.82, 2.24) is 0 Å². The van der Waals surface area contributed by atoms with Gasteiger partial charge in [-0.05, 0) is 45.1 Å². The highest BCUT2D eigenvalue weighted by molar-refractivity contribution is 7.17. The largest absolute Gasteiger partial charge is 0.462 e. The smallest absolute Gasteiger partial charge is 0.342 e. The van der Waals surface area contributed by atoms with Gasteiger partial charge in [-0.3, -0.25) is 14.9 Å². The van der Waals surface area contributed by atoms with Crippen LogP contribution in [0.3, 0.4) is 0 Å². The molecule has 0 aliphatic heterocycles. The van der Waals surface area contributed by atoms with E-state index in [9.17, 15) is 33.3 Å². The predicted octanol–water partition coefficient (Wildman–Crippen LogP) is 4.17. The van der Waals surface area contributed by atoms with Gasteiger partial charge in [0.15, 0.2) is 6.10 Å². The normalized spacial score (nSPS) is 13.6. The highest BCUT2D eigenvalue weighted by atomic mass is 32.1. The lowest BCUT2D eigenvalue weighted by Crippen LogP contribution is -2.30. The average molecular weight is 482 g/mol. The molecule has 0 unspecified atom stereocenters. The topological polar surface area (TPSA) is 125 Å². The van der Waals surface area contributed by atoms with Gasteiger partial charge >= 0.3 is 17.6 Å². The summed E-state index contributed by atoms with van der Waals surface area (Å²) in [6, 6.07) is 0.602. The van der Waals surface area contributed by atoms with E-state index < -0.39 is 51.8 Å². The molecule has 0 saturated heterocycles. The highest BCUT2D eigenvalue weighted by Gasteiger charge is 2.30. The van der Waals surface area contributed by atoms with E-state index in [1.165, 1.54) is 18.3 Å². The molecule has 1 aliphatic carbocycles. The summed E-state index contributed by atoms with van der Waals surface area (Å²) < 4.78 is 37.5. The third kappa shape index (κ3) is 5.16. The highest BCUT2D eigenvalue weighted by Crippen LogP contribution is 2.38. The van der Waals surface area contributed by atoms with Crippen LogP contribution in [0.15, 0.2) is 12.1 Å². The minimum absolute atomic E-state index is 0.153. The Labute approximate surface area is 190 Å². The maximum Gasteiger partial charge on any atom is 0.342 e. The molecular formula is C21H20F2N2O7S. The Morgan fingerprint density at radius 2 is 1.88 bits per heavy atom. The van der Waals surface area contributed by atoms with Crippen LogP contribution in [0.1, 0.15) is 57.8 Å². The molecule has 3 rings (SSSR count). The van der Waals surface area contributed by atoms with Crippen molar-refractivity contribution in [2.75, 3.05) is 11.9 Å². The summed E-state index contributed by atoms with van der Waals surface area (Å²) in [5, 5.41) is 13.7. The van der Waals surface area contributed by atoms with E-state index in [2.05, 4.69) is 5.32 Å². The number of nitrogens with one attached hydrogen (secondary N) is 1. The second-order valence-electron chi connectivity index (χ2n) is 7.21. The van der Waals surface area contributed by atoms with Crippen molar-refractivity contribution in [3.05, 3.63) is 55.4 Å². The summed E-state index contributed by atoms with van der Waals surface area (Å²) in [4.78, 5) is 48.1. The first-order chi connectivity index (χ1) is 15.6. The standard InChI is InChI=1S/C21H20F2N2O7S/c1-3-31-21(28)17-11-6-4-5-7-16(11)33-19(17)24-18(26)10(2)32-20(27)12-8-15(25(29)30)14(23)9-13(12)22/h8-10H,3-7H2,1-2H3,(H,24,26)/t10-/m0/s1. The lowest BCUT2D eigenvalue weighted by molar-refractivity contribution is -0.387. The number of rotatable bonds is 7. The zero-order chi connectivity index (χ0) is 24.3. The third-order valence-electron chi connectivity index (χ3n) is 4.99. The van der Waals surface area contributed by atoms with Crippen LogP contribution in [0.4, 0.5) is 19.5 Å². The number of esters is 2. The van der Waals surface area contributed by atoms with Gasteiger partial charge in [0.2, 0.25) is 5.82 Å². The van der Waals surface area contributed by atoms with Gasteiger partial charge in [-0.2, -0.15) is 4.39 Å². The van der Waals surface area contributed by atoms with Gasteiger partial charge in [-0.15, -0.1) is 11.3 Å². The Kier molecular flexibility index (Phi) is 7.36. The molecule has 1 N–H and O–H groups in total. The first-order valence-electron chi connectivity index (χ1n) is 10.1. The number of halogens is 2. The second kappa shape index (κ2) is 10.0. The minimum Gasteiger partial charge on any atom is -0.462 e. The number of hydrogen-bond acceptors (Lipinski definition) is 8. The molecule has 0 spiro atoms. The lowest BCUT2D eigenvalue weighted by atomic mass is 9.95. The molecule has 1 aliphatic rings. The van der Waals surface area contributed by atoms with E-state index in [0.29, 0.717) is 12.5 Å². The first-order valence-corrected chi connectivity index (χ1v) is 10.9. The number of aryl methyl sites for hydroxylation is 1. The molecule has 1 aromatic heterocycles. The van der Waals surface area contributed by atoms with Gasteiger partial charge in [0.05, 0.1) is 17.1 Å². The SMILES string of the molecule is CCOC(=O)c1c(NC(=O)[C@H](C)OC(=O)c2cc([N+](=O)[O-])c(F)cc2F)sc2c1CCCC2. The van der Waals surface area contributed by atoms with Crippen molar-refractivity contribution in [2.24, 2.45) is 0 Å². The number of fused-ring (bicyclic) bond motifs is 1. The quantitative estimate of drug-likeness (QED) is 0.357. The Morgan fingerprint density at radius 1 is 1.18 bits per heavy atom. The number of thiophene rings is 1. The number of amides is 1. The first kappa shape index (κ1) is 24.2. The van der Waals surface area contributed by atoms with Crippen LogP contribution < -0.4 is 5.32 Å². The van der Waals surface area contributed by atoms with Gasteiger partial charge in [0.1, 0.15) is 16.4 Å². The van der Waals surface area contributed by atoms with Crippen molar-refractivity contribution in [1.29, 1.82) is 0 Å². The molecular weight excluding hydrogens is 462 g/mol. The summed E-state index contributed by atoms with van der Waals surface area (Å²) in [7, 11) is 0. The monoisotopic (exact) mass is 482 g/mol. The maximum absolute atomic E-state index is 14.0. The number of carbonyl (C=O) groups excluding carboxylic acids is 3. The summed E-state index contributed by atoms with van der Waals surface area (Å²) in [5.41, 5.74) is -0.903. The Hall–Kier alpha value is -3.41. The molecule has 12 heteroatoms. The van der Waals surface area contributed by atoms with E-state index >= 15 is 0 Å². The van der Waals surface area contributed by atoms with Crippen molar-refractivity contribution in [3.8, 4) is 0 Å². The molecule has 1 heterocycles. The van der Waals surface area contributed by atoms with Crippen LogP contribution in [0, 0.1) is 21.7 Å². The van der Waals surface area contributed by atoms with E-state index in [4.69, 9.17) is 9.47 Å². The fraction of sp³-hybridized carbons (Fsp3) is 0.381. The number of nitrogens with zero attached hydrogens (tertiary/aromatic N) is 1. The second-order valence-corrected chi connectivity index (χ2v) is 8.32. The molecule has 2 aromatic rings. The van der Waals surface area contributed by atoms with Crippen molar-refractivity contribution >= 4 is 39.9 Å². The van der Waals surface area contributed by atoms with Gasteiger partial charge in [-0.25, -0.2) is 14.0 Å². The molecule has 9 nitrogen and oxygen atoms in total. The molecule has 176 valence electrons. The lowest BCUT2D eigenvalue weighted by Gasteiger charge is -2.14. The molecule has 1 aromatic carbocycles. The summed E-state index contributed by atoms with van der Waals surface area (Å²) >= 11 is 1.24. The Balaban J connectivity index is 1.79. The summed E-state index contributed by atoms with van der Waals surface area (Å²) in [6.45, 7) is 3.02. The minimum atomic E-state index is -1.45.